The van der Waals surface area contributed by atoms with E-state index in [-0.39, 0.29) is 11.5 Å². The number of morpholine rings is 1. The van der Waals surface area contributed by atoms with Crippen LogP contribution in [-0.4, -0.2) is 67.4 Å². The van der Waals surface area contributed by atoms with Gasteiger partial charge in [0.05, 0.1) is 23.3 Å². The third kappa shape index (κ3) is 6.25. The maximum Gasteiger partial charge on any atom is 0.410 e. The summed E-state index contributed by atoms with van der Waals surface area (Å²) in [7, 11) is 0. The van der Waals surface area contributed by atoms with Gasteiger partial charge in [0.15, 0.2) is 0 Å². The molecule has 2 aliphatic rings. The summed E-state index contributed by atoms with van der Waals surface area (Å²) in [6.07, 6.45) is 3.77. The van der Waals surface area contributed by atoms with E-state index < -0.39 is 5.60 Å². The summed E-state index contributed by atoms with van der Waals surface area (Å²) in [5, 5.41) is 1.12. The van der Waals surface area contributed by atoms with Gasteiger partial charge in [-0.3, -0.25) is 4.90 Å². The molecule has 0 aliphatic carbocycles. The fraction of sp³-hybridized carbons (Fsp3) is 0.696. The molecule has 1 amide bonds. The minimum absolute atomic E-state index is 0.143. The van der Waals surface area contributed by atoms with E-state index in [1.807, 2.05) is 37.8 Å². The topological polar surface area (TPSA) is 42.0 Å². The van der Waals surface area contributed by atoms with Crippen LogP contribution in [0, 0.1) is 0 Å². The average molecular weight is 457 g/mol. The third-order valence-electron chi connectivity index (χ3n) is 5.99. The Hall–Kier alpha value is -1.01. The molecular formula is C23H34Cl2N2O3. The van der Waals surface area contributed by atoms with Gasteiger partial charge >= 0.3 is 6.09 Å². The molecule has 7 heteroatoms. The molecule has 1 aromatic carbocycles. The van der Waals surface area contributed by atoms with Crippen molar-refractivity contribution in [3.63, 3.8) is 0 Å². The van der Waals surface area contributed by atoms with Crippen molar-refractivity contribution in [3.8, 4) is 0 Å². The Labute approximate surface area is 190 Å². The minimum Gasteiger partial charge on any atom is -0.444 e. The molecule has 168 valence electrons. The zero-order valence-electron chi connectivity index (χ0n) is 18.4. The standard InChI is InChI=1S/C23H34Cl2N2O3/c1-22(2,3)30-21(28)27-11-5-9-23(17-27,18-6-7-19(24)20(25)16-18)8-4-10-26-12-14-29-15-13-26/h6-7,16H,4-5,8-15,17H2,1-3H3. The number of carbonyl (C=O) groups excluding carboxylic acids is 1. The van der Waals surface area contributed by atoms with Crippen LogP contribution in [0.15, 0.2) is 18.2 Å². The Bertz CT molecular complexity index is 732. The van der Waals surface area contributed by atoms with Crippen LogP contribution >= 0.6 is 23.2 Å². The number of hydrogen-bond acceptors (Lipinski definition) is 4. The van der Waals surface area contributed by atoms with Crippen LogP contribution in [0.1, 0.15) is 52.0 Å². The first-order valence-electron chi connectivity index (χ1n) is 10.9. The summed E-state index contributed by atoms with van der Waals surface area (Å²) < 4.78 is 11.1. The Kier molecular flexibility index (Phi) is 7.94. The van der Waals surface area contributed by atoms with E-state index in [1.54, 1.807) is 0 Å². The Morgan fingerprint density at radius 3 is 2.57 bits per heavy atom. The van der Waals surface area contributed by atoms with E-state index in [2.05, 4.69) is 11.0 Å². The van der Waals surface area contributed by atoms with E-state index >= 15 is 0 Å². The van der Waals surface area contributed by atoms with Crippen LogP contribution in [0.25, 0.3) is 0 Å². The van der Waals surface area contributed by atoms with Crippen molar-refractivity contribution in [1.82, 2.24) is 9.80 Å². The first-order valence-corrected chi connectivity index (χ1v) is 11.7. The number of hydrogen-bond donors (Lipinski definition) is 0. The van der Waals surface area contributed by atoms with Crippen molar-refractivity contribution in [2.45, 2.75) is 57.5 Å². The van der Waals surface area contributed by atoms with Crippen molar-refractivity contribution in [2.75, 3.05) is 45.9 Å². The fourth-order valence-corrected chi connectivity index (χ4v) is 4.79. The van der Waals surface area contributed by atoms with Gasteiger partial charge in [0.1, 0.15) is 5.60 Å². The van der Waals surface area contributed by atoms with Crippen LogP contribution in [0.5, 0.6) is 0 Å². The molecule has 1 aromatic rings. The first-order chi connectivity index (χ1) is 14.2. The number of carbonyl (C=O) groups is 1. The smallest absolute Gasteiger partial charge is 0.410 e. The molecule has 1 atom stereocenters. The Balaban J connectivity index is 1.77. The molecule has 2 fully saturated rings. The lowest BCUT2D eigenvalue weighted by atomic mass is 9.71. The van der Waals surface area contributed by atoms with Crippen molar-refractivity contribution < 1.29 is 14.3 Å². The van der Waals surface area contributed by atoms with E-state index in [1.165, 1.54) is 0 Å². The number of halogens is 2. The molecular weight excluding hydrogens is 423 g/mol. The Morgan fingerprint density at radius 1 is 1.17 bits per heavy atom. The van der Waals surface area contributed by atoms with E-state index in [9.17, 15) is 4.79 Å². The lowest BCUT2D eigenvalue weighted by Crippen LogP contribution is -2.50. The van der Waals surface area contributed by atoms with Crippen LogP contribution in [-0.2, 0) is 14.9 Å². The number of ether oxygens (including phenoxy) is 2. The van der Waals surface area contributed by atoms with Gasteiger partial charge in [-0.25, -0.2) is 4.79 Å². The molecule has 1 unspecified atom stereocenters. The lowest BCUT2D eigenvalue weighted by molar-refractivity contribution is 0.0113. The second-order valence-corrected chi connectivity index (χ2v) is 10.3. The van der Waals surface area contributed by atoms with Crippen molar-refractivity contribution >= 4 is 29.3 Å². The molecule has 0 aromatic heterocycles. The molecule has 0 spiro atoms. The second kappa shape index (κ2) is 10.1. The maximum atomic E-state index is 12.8. The van der Waals surface area contributed by atoms with Gasteiger partial charge in [-0.2, -0.15) is 0 Å². The summed E-state index contributed by atoms with van der Waals surface area (Å²) >= 11 is 12.6. The van der Waals surface area contributed by atoms with Crippen molar-refractivity contribution in [1.29, 1.82) is 0 Å². The van der Waals surface area contributed by atoms with Gasteiger partial charge in [-0.1, -0.05) is 29.3 Å². The summed E-state index contributed by atoms with van der Waals surface area (Å²) in [4.78, 5) is 17.1. The van der Waals surface area contributed by atoms with Gasteiger partial charge in [0.2, 0.25) is 0 Å². The van der Waals surface area contributed by atoms with Crippen molar-refractivity contribution in [2.24, 2.45) is 0 Å². The monoisotopic (exact) mass is 456 g/mol. The highest BCUT2D eigenvalue weighted by molar-refractivity contribution is 6.42. The van der Waals surface area contributed by atoms with Gasteiger partial charge in [-0.05, 0) is 70.7 Å². The fourth-order valence-electron chi connectivity index (χ4n) is 4.49. The van der Waals surface area contributed by atoms with Crippen LogP contribution in [0.3, 0.4) is 0 Å². The molecule has 5 nitrogen and oxygen atoms in total. The van der Waals surface area contributed by atoms with Gasteiger partial charge in [0, 0.05) is 31.6 Å². The number of piperidine rings is 1. The van der Waals surface area contributed by atoms with Crippen LogP contribution in [0.4, 0.5) is 4.79 Å². The summed E-state index contributed by atoms with van der Waals surface area (Å²) in [5.74, 6) is 0. The molecule has 0 bridgehead atoms. The van der Waals surface area contributed by atoms with Gasteiger partial charge in [0.25, 0.3) is 0 Å². The third-order valence-corrected chi connectivity index (χ3v) is 6.73. The van der Waals surface area contributed by atoms with Crippen LogP contribution < -0.4 is 0 Å². The molecule has 30 heavy (non-hydrogen) atoms. The SMILES string of the molecule is CC(C)(C)OC(=O)N1CCCC(CCCN2CCOCC2)(c2ccc(Cl)c(Cl)c2)C1. The number of amides is 1. The molecule has 0 saturated carbocycles. The number of nitrogens with zero attached hydrogens (tertiary/aromatic N) is 2. The van der Waals surface area contributed by atoms with Gasteiger partial charge in [-0.15, -0.1) is 0 Å². The maximum absolute atomic E-state index is 12.8. The zero-order valence-corrected chi connectivity index (χ0v) is 19.9. The highest BCUT2D eigenvalue weighted by atomic mass is 35.5. The first kappa shape index (κ1) is 23.6. The Morgan fingerprint density at radius 2 is 1.90 bits per heavy atom. The molecule has 0 radical (unpaired) electrons. The van der Waals surface area contributed by atoms with Gasteiger partial charge < -0.3 is 14.4 Å². The zero-order chi connectivity index (χ0) is 21.8. The summed E-state index contributed by atoms with van der Waals surface area (Å²) in [5.41, 5.74) is 0.513. The highest BCUT2D eigenvalue weighted by Crippen LogP contribution is 2.40. The predicted octanol–water partition coefficient (Wildman–Crippen LogP) is 5.37. The van der Waals surface area contributed by atoms with E-state index in [0.29, 0.717) is 16.6 Å². The molecule has 2 aliphatic heterocycles. The number of benzene rings is 1. The van der Waals surface area contributed by atoms with E-state index in [0.717, 1.165) is 70.6 Å². The summed E-state index contributed by atoms with van der Waals surface area (Å²) in [6.45, 7) is 11.7. The normalized spacial score (nSPS) is 23.4. The largest absolute Gasteiger partial charge is 0.444 e. The summed E-state index contributed by atoms with van der Waals surface area (Å²) in [6, 6.07) is 5.92. The highest BCUT2D eigenvalue weighted by Gasteiger charge is 2.39. The second-order valence-electron chi connectivity index (χ2n) is 9.47. The quantitative estimate of drug-likeness (QED) is 0.596. The van der Waals surface area contributed by atoms with Crippen molar-refractivity contribution in [3.05, 3.63) is 33.8 Å². The average Bonchev–Trinajstić information content (AvgIpc) is 2.70. The number of rotatable bonds is 5. The van der Waals surface area contributed by atoms with Crippen LogP contribution in [0.2, 0.25) is 10.0 Å². The lowest BCUT2D eigenvalue weighted by Gasteiger charge is -2.44. The minimum atomic E-state index is -0.503. The predicted molar refractivity (Wildman–Crippen MR) is 122 cm³/mol. The molecule has 3 rings (SSSR count). The molecule has 2 heterocycles. The van der Waals surface area contributed by atoms with E-state index in [4.69, 9.17) is 32.7 Å². The number of likely N-dealkylation sites (tertiary alicyclic amines) is 1. The molecule has 2 saturated heterocycles. The molecule has 0 N–H and O–H groups in total.